The van der Waals surface area contributed by atoms with Crippen LogP contribution >= 0.6 is 0 Å². The molecule has 338 valence electrons. The summed E-state index contributed by atoms with van der Waals surface area (Å²) in [7, 11) is -3.58. The van der Waals surface area contributed by atoms with Crippen molar-refractivity contribution in [2.75, 3.05) is 9.80 Å². The third kappa shape index (κ3) is 7.81. The van der Waals surface area contributed by atoms with Gasteiger partial charge in [-0.2, -0.15) is 0 Å². The van der Waals surface area contributed by atoms with Gasteiger partial charge < -0.3 is 9.80 Å². The van der Waals surface area contributed by atoms with Crippen LogP contribution in [0, 0.1) is 34.9 Å². The summed E-state index contributed by atoms with van der Waals surface area (Å²) in [6, 6.07) is 47.3. The second-order valence-electron chi connectivity index (χ2n) is 19.4. The van der Waals surface area contributed by atoms with Crippen LogP contribution in [0.5, 0.6) is 0 Å². The topological polar surface area (TPSA) is 6.48 Å². The second-order valence-corrected chi connectivity index (χ2v) is 29.5. The molecule has 0 amide bonds. The highest BCUT2D eigenvalue weighted by molar-refractivity contribution is 6.89. The number of benzene rings is 10. The SMILES string of the molecule is C[Si](C)(C)c1ccc(N(c2c(F)cc(F)cc2-c2ccccc2F)c2ccc3ccc4c(N(c5ccc([Si](C)(C)C)cc5)c5c(F)cc(F)cc5-c5ccccc5F)ccc5ccc2c3c54)cc1. The van der Waals surface area contributed by atoms with Crippen LogP contribution in [0.4, 0.5) is 60.5 Å². The molecule has 10 rings (SSSR count). The minimum absolute atomic E-state index is 0.0330. The van der Waals surface area contributed by atoms with E-state index in [1.165, 1.54) is 46.8 Å². The Bertz CT molecular complexity index is 3330. The predicted octanol–water partition coefficient (Wildman–Crippen LogP) is 16.8. The first kappa shape index (κ1) is 44.7. The number of hydrogen-bond acceptors (Lipinski definition) is 2. The first-order valence-electron chi connectivity index (χ1n) is 22.5. The molecule has 0 saturated carbocycles. The molecular formula is C58H46F6N2Si2. The van der Waals surface area contributed by atoms with E-state index in [2.05, 4.69) is 39.3 Å². The zero-order valence-electron chi connectivity index (χ0n) is 38.3. The number of hydrogen-bond donors (Lipinski definition) is 0. The lowest BCUT2D eigenvalue weighted by atomic mass is 9.91. The summed E-state index contributed by atoms with van der Waals surface area (Å²) < 4.78 is 96.2. The van der Waals surface area contributed by atoms with Crippen molar-refractivity contribution < 1.29 is 26.3 Å². The van der Waals surface area contributed by atoms with Crippen molar-refractivity contribution >= 4 is 93.0 Å². The standard InChI is InChI=1S/C58H46F6N2Si2/c1-67(2,3)41-23-19-39(20-24-41)65(57-47(31-37(59)33-51(57)63)43-11-7-9-13-49(43)61)53-29-17-35-16-28-46-54(30-18-36-15-27-45(53)55(35)56(36)46)66(40-21-25-42(26-22-40)68(4,5)6)58-48(32-38(60)34-52(58)64)44-12-8-10-14-50(44)62/h7-34H,1-6H3. The van der Waals surface area contributed by atoms with Gasteiger partial charge >= 0.3 is 0 Å². The fraction of sp³-hybridized carbons (Fsp3) is 0.103. The van der Waals surface area contributed by atoms with Gasteiger partial charge in [-0.05, 0) is 82.2 Å². The zero-order valence-corrected chi connectivity index (χ0v) is 40.3. The molecule has 0 radical (unpaired) electrons. The van der Waals surface area contributed by atoms with E-state index in [-0.39, 0.29) is 33.6 Å². The van der Waals surface area contributed by atoms with Crippen LogP contribution in [0.15, 0.2) is 170 Å². The van der Waals surface area contributed by atoms with Gasteiger partial charge in [0.1, 0.15) is 23.3 Å². The molecule has 0 aliphatic rings. The largest absolute Gasteiger partial charge is 0.307 e. The molecular weight excluding hydrogens is 895 g/mol. The molecule has 0 saturated heterocycles. The van der Waals surface area contributed by atoms with Crippen LogP contribution in [0.1, 0.15) is 0 Å². The lowest BCUT2D eigenvalue weighted by Crippen LogP contribution is -2.37. The fourth-order valence-corrected chi connectivity index (χ4v) is 11.8. The Hall–Kier alpha value is -7.15. The quantitative estimate of drug-likeness (QED) is 0.0766. The van der Waals surface area contributed by atoms with E-state index < -0.39 is 51.1 Å². The summed E-state index contributed by atoms with van der Waals surface area (Å²) in [5.41, 5.74) is 2.31. The Labute approximate surface area is 393 Å². The van der Waals surface area contributed by atoms with Gasteiger partial charge in [0.15, 0.2) is 11.6 Å². The summed E-state index contributed by atoms with van der Waals surface area (Å²) >= 11 is 0. The van der Waals surface area contributed by atoms with Crippen molar-refractivity contribution in [1.82, 2.24) is 0 Å². The fourth-order valence-electron chi connectivity index (χ4n) is 9.51. The molecule has 10 heteroatoms. The third-order valence-corrected chi connectivity index (χ3v) is 17.0. The molecule has 2 nitrogen and oxygen atoms in total. The molecule has 0 spiro atoms. The van der Waals surface area contributed by atoms with Crippen molar-refractivity contribution in [1.29, 1.82) is 0 Å². The highest BCUT2D eigenvalue weighted by atomic mass is 28.3. The Morgan fingerprint density at radius 1 is 0.338 bits per heavy atom. The van der Waals surface area contributed by atoms with E-state index in [0.29, 0.717) is 33.5 Å². The van der Waals surface area contributed by atoms with E-state index in [9.17, 15) is 0 Å². The molecule has 0 N–H and O–H groups in total. The third-order valence-electron chi connectivity index (χ3n) is 12.9. The van der Waals surface area contributed by atoms with Crippen LogP contribution in [0.25, 0.3) is 54.6 Å². The number of nitrogens with zero attached hydrogens (tertiary/aromatic N) is 2. The van der Waals surface area contributed by atoms with Gasteiger partial charge in [0.25, 0.3) is 0 Å². The zero-order chi connectivity index (χ0) is 47.8. The van der Waals surface area contributed by atoms with Gasteiger partial charge in [-0.25, -0.2) is 26.3 Å². The molecule has 0 aliphatic carbocycles. The Balaban J connectivity index is 1.27. The molecule has 10 aromatic rings. The maximum absolute atomic E-state index is 16.9. The first-order chi connectivity index (χ1) is 32.5. The summed E-state index contributed by atoms with van der Waals surface area (Å²) in [5, 5.41) is 7.09. The van der Waals surface area contributed by atoms with Crippen molar-refractivity contribution in [3.05, 3.63) is 205 Å². The summed E-state index contributed by atoms with van der Waals surface area (Å²) in [5.74, 6) is -4.73. The van der Waals surface area contributed by atoms with Crippen LogP contribution in [0.3, 0.4) is 0 Å². The first-order valence-corrected chi connectivity index (χ1v) is 29.5. The molecule has 0 atom stereocenters. The molecule has 0 unspecified atom stereocenters. The molecule has 0 aliphatic heterocycles. The normalized spacial score (nSPS) is 12.1. The predicted molar refractivity (Wildman–Crippen MR) is 276 cm³/mol. The van der Waals surface area contributed by atoms with Gasteiger partial charge in [-0.3, -0.25) is 0 Å². The smallest absolute Gasteiger partial charge is 0.150 e. The molecule has 68 heavy (non-hydrogen) atoms. The van der Waals surface area contributed by atoms with Gasteiger partial charge in [0, 0.05) is 56.5 Å². The second kappa shape index (κ2) is 16.9. The summed E-state index contributed by atoms with van der Waals surface area (Å²) in [4.78, 5) is 3.47. The van der Waals surface area contributed by atoms with E-state index in [1.54, 1.807) is 21.9 Å². The number of anilines is 6. The van der Waals surface area contributed by atoms with Crippen molar-refractivity contribution in [3.63, 3.8) is 0 Å². The number of rotatable bonds is 10. The van der Waals surface area contributed by atoms with E-state index in [4.69, 9.17) is 0 Å². The Morgan fingerprint density at radius 2 is 0.691 bits per heavy atom. The minimum Gasteiger partial charge on any atom is -0.307 e. The van der Waals surface area contributed by atoms with Gasteiger partial charge in [0.05, 0.1) is 38.9 Å². The van der Waals surface area contributed by atoms with E-state index in [0.717, 1.165) is 45.8 Å². The molecule has 0 bridgehead atoms. The van der Waals surface area contributed by atoms with Gasteiger partial charge in [-0.1, -0.05) is 147 Å². The minimum atomic E-state index is -1.79. The summed E-state index contributed by atoms with van der Waals surface area (Å²) in [6.07, 6.45) is 0. The molecule has 0 aromatic heterocycles. The Morgan fingerprint density at radius 3 is 1.04 bits per heavy atom. The maximum Gasteiger partial charge on any atom is 0.150 e. The van der Waals surface area contributed by atoms with E-state index in [1.807, 2.05) is 97.1 Å². The summed E-state index contributed by atoms with van der Waals surface area (Å²) in [6.45, 7) is 13.4. The van der Waals surface area contributed by atoms with Crippen molar-refractivity contribution in [2.24, 2.45) is 0 Å². The monoisotopic (exact) mass is 940 g/mol. The highest BCUT2D eigenvalue weighted by Crippen LogP contribution is 2.51. The lowest BCUT2D eigenvalue weighted by Gasteiger charge is -2.32. The van der Waals surface area contributed by atoms with Crippen molar-refractivity contribution in [3.8, 4) is 22.3 Å². The number of halogens is 6. The lowest BCUT2D eigenvalue weighted by molar-refractivity contribution is 0.583. The van der Waals surface area contributed by atoms with Crippen LogP contribution < -0.4 is 20.2 Å². The maximum atomic E-state index is 16.9. The average Bonchev–Trinajstić information content (AvgIpc) is 3.30. The Kier molecular flexibility index (Phi) is 11.1. The van der Waals surface area contributed by atoms with Crippen LogP contribution in [-0.2, 0) is 0 Å². The van der Waals surface area contributed by atoms with Gasteiger partial charge in [-0.15, -0.1) is 0 Å². The van der Waals surface area contributed by atoms with Crippen molar-refractivity contribution in [2.45, 2.75) is 39.3 Å². The highest BCUT2D eigenvalue weighted by Gasteiger charge is 2.30. The average molecular weight is 941 g/mol. The van der Waals surface area contributed by atoms with Crippen LogP contribution in [0.2, 0.25) is 39.3 Å². The molecule has 0 heterocycles. The molecule has 0 fully saturated rings. The molecule has 10 aromatic carbocycles. The van der Waals surface area contributed by atoms with Crippen LogP contribution in [-0.4, -0.2) is 16.1 Å². The van der Waals surface area contributed by atoms with E-state index >= 15 is 26.3 Å². The van der Waals surface area contributed by atoms with Gasteiger partial charge in [0.2, 0.25) is 0 Å².